The standard InChI is InChI=1S/C14H14Cl2N2O/c1-8-5-12(17)11(16)7-13(8)18-9-3-4-10(15)14(6-9)19-2/h3-7,18H,17H2,1-2H3. The van der Waals surface area contributed by atoms with E-state index in [9.17, 15) is 0 Å². The van der Waals surface area contributed by atoms with E-state index in [1.54, 1.807) is 19.2 Å². The number of aryl methyl sites for hydroxylation is 1. The topological polar surface area (TPSA) is 47.3 Å². The lowest BCUT2D eigenvalue weighted by Gasteiger charge is -2.13. The maximum atomic E-state index is 6.03. The number of hydrogen-bond donors (Lipinski definition) is 2. The minimum atomic E-state index is 0.522. The lowest BCUT2D eigenvalue weighted by Crippen LogP contribution is -1.96. The van der Waals surface area contributed by atoms with Gasteiger partial charge in [-0.2, -0.15) is 0 Å². The van der Waals surface area contributed by atoms with Gasteiger partial charge in [0.15, 0.2) is 0 Å². The lowest BCUT2D eigenvalue weighted by atomic mass is 10.1. The van der Waals surface area contributed by atoms with E-state index < -0.39 is 0 Å². The second-order valence-electron chi connectivity index (χ2n) is 4.16. The summed E-state index contributed by atoms with van der Waals surface area (Å²) in [5, 5.41) is 4.36. The van der Waals surface area contributed by atoms with Crippen LogP contribution in [-0.2, 0) is 0 Å². The molecule has 3 N–H and O–H groups in total. The van der Waals surface area contributed by atoms with Crippen LogP contribution in [0.25, 0.3) is 0 Å². The molecule has 19 heavy (non-hydrogen) atoms. The molecule has 3 nitrogen and oxygen atoms in total. The maximum absolute atomic E-state index is 6.03. The Kier molecular flexibility index (Phi) is 4.08. The fourth-order valence-electron chi connectivity index (χ4n) is 1.73. The normalized spacial score (nSPS) is 10.3. The van der Waals surface area contributed by atoms with Crippen LogP contribution in [0.1, 0.15) is 5.56 Å². The Morgan fingerprint density at radius 3 is 2.53 bits per heavy atom. The summed E-state index contributed by atoms with van der Waals surface area (Å²) in [5.41, 5.74) is 9.09. The molecule has 0 radical (unpaired) electrons. The van der Waals surface area contributed by atoms with E-state index in [4.69, 9.17) is 33.7 Å². The molecule has 2 rings (SSSR count). The van der Waals surface area contributed by atoms with Crippen molar-refractivity contribution in [2.24, 2.45) is 0 Å². The van der Waals surface area contributed by atoms with Gasteiger partial charge in [0.1, 0.15) is 5.75 Å². The molecule has 0 aliphatic rings. The summed E-state index contributed by atoms with van der Waals surface area (Å²) in [5.74, 6) is 0.617. The highest BCUT2D eigenvalue weighted by Crippen LogP contribution is 2.32. The first-order chi connectivity index (χ1) is 9.01. The van der Waals surface area contributed by atoms with Crippen molar-refractivity contribution in [2.75, 3.05) is 18.2 Å². The first-order valence-corrected chi connectivity index (χ1v) is 6.43. The zero-order valence-corrected chi connectivity index (χ0v) is 12.1. The van der Waals surface area contributed by atoms with Crippen LogP contribution < -0.4 is 15.8 Å². The highest BCUT2D eigenvalue weighted by molar-refractivity contribution is 6.33. The Balaban J connectivity index is 2.33. The molecule has 0 amide bonds. The molecule has 0 saturated heterocycles. The fourth-order valence-corrected chi connectivity index (χ4v) is 2.09. The quantitative estimate of drug-likeness (QED) is 0.812. The van der Waals surface area contributed by atoms with Crippen LogP contribution in [0, 0.1) is 6.92 Å². The third-order valence-electron chi connectivity index (χ3n) is 2.77. The first kappa shape index (κ1) is 13.8. The predicted octanol–water partition coefficient (Wildman–Crippen LogP) is 4.64. The molecule has 5 heteroatoms. The molecule has 0 saturated carbocycles. The minimum Gasteiger partial charge on any atom is -0.495 e. The summed E-state index contributed by atoms with van der Waals surface area (Å²) in [6.07, 6.45) is 0. The SMILES string of the molecule is COc1cc(Nc2cc(Cl)c(N)cc2C)ccc1Cl. The molecule has 0 aliphatic carbocycles. The van der Waals surface area contributed by atoms with Crippen LogP contribution in [0.4, 0.5) is 17.1 Å². The van der Waals surface area contributed by atoms with Gasteiger partial charge >= 0.3 is 0 Å². The van der Waals surface area contributed by atoms with E-state index >= 15 is 0 Å². The predicted molar refractivity (Wildman–Crippen MR) is 81.9 cm³/mol. The summed E-state index contributed by atoms with van der Waals surface area (Å²) >= 11 is 12.0. The van der Waals surface area contributed by atoms with Crippen LogP contribution in [0.5, 0.6) is 5.75 Å². The number of anilines is 3. The Morgan fingerprint density at radius 1 is 1.11 bits per heavy atom. The summed E-state index contributed by atoms with van der Waals surface area (Å²) < 4.78 is 5.18. The van der Waals surface area contributed by atoms with Gasteiger partial charge in [-0.15, -0.1) is 0 Å². The molecule has 2 aromatic rings. The summed E-state index contributed by atoms with van der Waals surface area (Å²) in [6, 6.07) is 9.10. The van der Waals surface area contributed by atoms with Gasteiger partial charge < -0.3 is 15.8 Å². The number of nitrogen functional groups attached to an aromatic ring is 1. The van der Waals surface area contributed by atoms with Gasteiger partial charge in [0.05, 0.1) is 22.8 Å². The van der Waals surface area contributed by atoms with Crippen molar-refractivity contribution in [3.05, 3.63) is 45.9 Å². The average molecular weight is 297 g/mol. The molecular weight excluding hydrogens is 283 g/mol. The van der Waals surface area contributed by atoms with Crippen molar-refractivity contribution in [1.29, 1.82) is 0 Å². The summed E-state index contributed by atoms with van der Waals surface area (Å²) in [4.78, 5) is 0. The van der Waals surface area contributed by atoms with Gasteiger partial charge in [-0.3, -0.25) is 0 Å². The van der Waals surface area contributed by atoms with E-state index in [0.717, 1.165) is 16.9 Å². The van der Waals surface area contributed by atoms with Crippen LogP contribution in [0.15, 0.2) is 30.3 Å². The monoisotopic (exact) mass is 296 g/mol. The zero-order valence-electron chi connectivity index (χ0n) is 10.6. The minimum absolute atomic E-state index is 0.522. The molecule has 0 atom stereocenters. The van der Waals surface area contributed by atoms with E-state index in [1.165, 1.54) is 0 Å². The second-order valence-corrected chi connectivity index (χ2v) is 4.98. The first-order valence-electron chi connectivity index (χ1n) is 5.67. The number of methoxy groups -OCH3 is 1. The fraction of sp³-hybridized carbons (Fsp3) is 0.143. The number of rotatable bonds is 3. The molecular formula is C14H14Cl2N2O. The number of benzene rings is 2. The number of halogens is 2. The van der Waals surface area contributed by atoms with Gasteiger partial charge in [0.25, 0.3) is 0 Å². The molecule has 0 aromatic heterocycles. The Labute approximate surface area is 122 Å². The van der Waals surface area contributed by atoms with Gasteiger partial charge in [-0.1, -0.05) is 23.2 Å². The molecule has 2 aromatic carbocycles. The van der Waals surface area contributed by atoms with Gasteiger partial charge in [-0.05, 0) is 36.8 Å². The van der Waals surface area contributed by atoms with Crippen molar-refractivity contribution in [1.82, 2.24) is 0 Å². The van der Waals surface area contributed by atoms with Crippen LogP contribution in [0.3, 0.4) is 0 Å². The van der Waals surface area contributed by atoms with Crippen LogP contribution >= 0.6 is 23.2 Å². The lowest BCUT2D eigenvalue weighted by molar-refractivity contribution is 0.415. The molecule has 0 heterocycles. The molecule has 0 unspecified atom stereocenters. The maximum Gasteiger partial charge on any atom is 0.139 e. The summed E-state index contributed by atoms with van der Waals surface area (Å²) in [6.45, 7) is 1.96. The number of nitrogens with two attached hydrogens (primary N) is 1. The third-order valence-corrected chi connectivity index (χ3v) is 3.41. The number of ether oxygens (including phenoxy) is 1. The van der Waals surface area contributed by atoms with Crippen molar-refractivity contribution in [3.8, 4) is 5.75 Å². The van der Waals surface area contributed by atoms with E-state index in [2.05, 4.69) is 5.32 Å². The molecule has 0 bridgehead atoms. The van der Waals surface area contributed by atoms with Crippen molar-refractivity contribution >= 4 is 40.3 Å². The smallest absolute Gasteiger partial charge is 0.139 e. The zero-order chi connectivity index (χ0) is 14.0. The molecule has 0 fully saturated rings. The van der Waals surface area contributed by atoms with E-state index in [-0.39, 0.29) is 0 Å². The molecule has 100 valence electrons. The van der Waals surface area contributed by atoms with Gasteiger partial charge in [-0.25, -0.2) is 0 Å². The highest BCUT2D eigenvalue weighted by Gasteiger charge is 2.06. The van der Waals surface area contributed by atoms with Crippen molar-refractivity contribution in [2.45, 2.75) is 6.92 Å². The third kappa shape index (κ3) is 3.06. The van der Waals surface area contributed by atoms with Gasteiger partial charge in [0, 0.05) is 17.4 Å². The van der Waals surface area contributed by atoms with Crippen molar-refractivity contribution in [3.63, 3.8) is 0 Å². The Hall–Kier alpha value is -1.58. The largest absolute Gasteiger partial charge is 0.495 e. The van der Waals surface area contributed by atoms with Crippen LogP contribution in [-0.4, -0.2) is 7.11 Å². The number of hydrogen-bond acceptors (Lipinski definition) is 3. The molecule has 0 aliphatic heterocycles. The van der Waals surface area contributed by atoms with Crippen molar-refractivity contribution < 1.29 is 4.74 Å². The Morgan fingerprint density at radius 2 is 1.84 bits per heavy atom. The van der Waals surface area contributed by atoms with Gasteiger partial charge in [0.2, 0.25) is 0 Å². The van der Waals surface area contributed by atoms with Crippen LogP contribution in [0.2, 0.25) is 10.0 Å². The highest BCUT2D eigenvalue weighted by atomic mass is 35.5. The summed E-state index contributed by atoms with van der Waals surface area (Å²) in [7, 11) is 1.58. The Bertz CT molecular complexity index is 615. The average Bonchev–Trinajstić information content (AvgIpc) is 2.38. The second kappa shape index (κ2) is 5.59. The van der Waals surface area contributed by atoms with E-state index in [0.29, 0.717) is 21.5 Å². The molecule has 0 spiro atoms. The number of nitrogens with one attached hydrogen (secondary N) is 1. The van der Waals surface area contributed by atoms with E-state index in [1.807, 2.05) is 25.1 Å².